The molecule has 0 saturated heterocycles. The molecule has 2 rings (SSSR count). The van der Waals surface area contributed by atoms with Crippen LogP contribution in [0.2, 0.25) is 0 Å². The first-order chi connectivity index (χ1) is 9.38. The lowest BCUT2D eigenvalue weighted by atomic mass is 10.1. The zero-order valence-electron chi connectivity index (χ0n) is 11.5. The van der Waals surface area contributed by atoms with Gasteiger partial charge in [0.05, 0.1) is 0 Å². The van der Waals surface area contributed by atoms with Crippen LogP contribution >= 0.6 is 0 Å². The van der Waals surface area contributed by atoms with Gasteiger partial charge in [0.25, 0.3) is 0 Å². The molecule has 106 valence electrons. The molecule has 2 N–H and O–H groups in total. The Balaban J connectivity index is 2.36. The Morgan fingerprint density at radius 1 is 1.10 bits per heavy atom. The maximum Gasteiger partial charge on any atom is 0.241 e. The SMILES string of the molecule is Cc1cc(C)c(OCc2ccccc2)c(S(N)(=O)=O)c1. The van der Waals surface area contributed by atoms with E-state index < -0.39 is 10.0 Å². The van der Waals surface area contributed by atoms with Crippen LogP contribution in [0.25, 0.3) is 0 Å². The third-order valence-corrected chi connectivity index (χ3v) is 3.83. The van der Waals surface area contributed by atoms with Crippen molar-refractivity contribution >= 4 is 10.0 Å². The molecule has 0 fully saturated rings. The van der Waals surface area contributed by atoms with E-state index >= 15 is 0 Å². The molecule has 0 bridgehead atoms. The Morgan fingerprint density at radius 2 is 1.75 bits per heavy atom. The zero-order chi connectivity index (χ0) is 14.8. The second kappa shape index (κ2) is 5.64. The molecule has 0 heterocycles. The Labute approximate surface area is 119 Å². The molecular weight excluding hydrogens is 274 g/mol. The molecule has 0 radical (unpaired) electrons. The molecular formula is C15H17NO3S. The molecule has 0 aliphatic rings. The van der Waals surface area contributed by atoms with Gasteiger partial charge in [0.1, 0.15) is 17.3 Å². The van der Waals surface area contributed by atoms with Gasteiger partial charge in [-0.05, 0) is 36.6 Å². The van der Waals surface area contributed by atoms with Crippen LogP contribution in [0.3, 0.4) is 0 Å². The van der Waals surface area contributed by atoms with Crippen molar-refractivity contribution in [2.75, 3.05) is 0 Å². The molecule has 2 aromatic rings. The highest BCUT2D eigenvalue weighted by Crippen LogP contribution is 2.29. The molecule has 0 atom stereocenters. The Hall–Kier alpha value is -1.85. The number of hydrogen-bond acceptors (Lipinski definition) is 3. The topological polar surface area (TPSA) is 69.4 Å². The van der Waals surface area contributed by atoms with Crippen LogP contribution in [-0.4, -0.2) is 8.42 Å². The average Bonchev–Trinajstić information content (AvgIpc) is 2.37. The molecule has 0 aromatic heterocycles. The van der Waals surface area contributed by atoms with E-state index in [2.05, 4.69) is 0 Å². The molecule has 0 unspecified atom stereocenters. The summed E-state index contributed by atoms with van der Waals surface area (Å²) in [5.41, 5.74) is 2.55. The molecule has 20 heavy (non-hydrogen) atoms. The highest BCUT2D eigenvalue weighted by molar-refractivity contribution is 7.89. The smallest absolute Gasteiger partial charge is 0.241 e. The number of nitrogens with two attached hydrogens (primary N) is 1. The zero-order valence-corrected chi connectivity index (χ0v) is 12.3. The molecule has 0 aliphatic heterocycles. The van der Waals surface area contributed by atoms with Gasteiger partial charge >= 0.3 is 0 Å². The van der Waals surface area contributed by atoms with E-state index in [9.17, 15) is 8.42 Å². The first-order valence-electron chi connectivity index (χ1n) is 6.18. The number of sulfonamides is 1. The largest absolute Gasteiger partial charge is 0.487 e. The van der Waals surface area contributed by atoms with E-state index in [0.29, 0.717) is 12.4 Å². The van der Waals surface area contributed by atoms with Crippen LogP contribution in [0.15, 0.2) is 47.4 Å². The van der Waals surface area contributed by atoms with E-state index in [4.69, 9.17) is 9.88 Å². The second-order valence-electron chi connectivity index (χ2n) is 4.73. The molecule has 0 aliphatic carbocycles. The van der Waals surface area contributed by atoms with Crippen LogP contribution in [-0.2, 0) is 16.6 Å². The van der Waals surface area contributed by atoms with Gasteiger partial charge in [0.2, 0.25) is 10.0 Å². The van der Waals surface area contributed by atoms with Crippen molar-refractivity contribution in [3.8, 4) is 5.75 Å². The highest BCUT2D eigenvalue weighted by atomic mass is 32.2. The average molecular weight is 291 g/mol. The Bertz CT molecular complexity index is 709. The lowest BCUT2D eigenvalue weighted by Crippen LogP contribution is -2.15. The minimum absolute atomic E-state index is 0.0333. The summed E-state index contributed by atoms with van der Waals surface area (Å²) in [6.45, 7) is 3.93. The number of rotatable bonds is 4. The lowest BCUT2D eigenvalue weighted by molar-refractivity contribution is 0.295. The van der Waals surface area contributed by atoms with Gasteiger partial charge in [-0.3, -0.25) is 0 Å². The molecule has 2 aromatic carbocycles. The van der Waals surface area contributed by atoms with E-state index in [1.165, 1.54) is 6.07 Å². The molecule has 5 heteroatoms. The third kappa shape index (κ3) is 3.37. The Kier molecular flexibility index (Phi) is 4.11. The van der Waals surface area contributed by atoms with Gasteiger partial charge in [-0.25, -0.2) is 13.6 Å². The Morgan fingerprint density at radius 3 is 2.35 bits per heavy atom. The minimum Gasteiger partial charge on any atom is -0.487 e. The summed E-state index contributed by atoms with van der Waals surface area (Å²) >= 11 is 0. The predicted molar refractivity (Wildman–Crippen MR) is 78.1 cm³/mol. The molecule has 0 amide bonds. The summed E-state index contributed by atoms with van der Waals surface area (Å²) in [4.78, 5) is 0.0333. The number of hydrogen-bond donors (Lipinski definition) is 1. The first kappa shape index (κ1) is 14.6. The predicted octanol–water partition coefficient (Wildman–Crippen LogP) is 2.53. The van der Waals surface area contributed by atoms with Gasteiger partial charge < -0.3 is 4.74 Å². The van der Waals surface area contributed by atoms with Crippen molar-refractivity contribution in [3.63, 3.8) is 0 Å². The summed E-state index contributed by atoms with van der Waals surface area (Å²) in [6.07, 6.45) is 0. The standard InChI is InChI=1S/C15H17NO3S/c1-11-8-12(2)15(14(9-11)20(16,17)18)19-10-13-6-4-3-5-7-13/h3-9H,10H2,1-2H3,(H2,16,17,18). The van der Waals surface area contributed by atoms with Gasteiger partial charge in [0.15, 0.2) is 0 Å². The minimum atomic E-state index is -3.81. The number of aryl methyl sites for hydroxylation is 2. The third-order valence-electron chi connectivity index (χ3n) is 2.92. The molecule has 0 saturated carbocycles. The number of benzene rings is 2. The fraction of sp³-hybridized carbons (Fsp3) is 0.200. The van der Waals surface area contributed by atoms with E-state index in [0.717, 1.165) is 16.7 Å². The first-order valence-corrected chi connectivity index (χ1v) is 7.73. The normalized spacial score (nSPS) is 11.3. The van der Waals surface area contributed by atoms with Crippen molar-refractivity contribution in [1.82, 2.24) is 0 Å². The summed E-state index contributed by atoms with van der Waals surface area (Å²) in [6, 6.07) is 13.0. The number of ether oxygens (including phenoxy) is 1. The quantitative estimate of drug-likeness (QED) is 0.941. The van der Waals surface area contributed by atoms with Gasteiger partial charge in [-0.2, -0.15) is 0 Å². The van der Waals surface area contributed by atoms with Crippen molar-refractivity contribution in [3.05, 3.63) is 59.2 Å². The highest BCUT2D eigenvalue weighted by Gasteiger charge is 2.18. The summed E-state index contributed by atoms with van der Waals surface area (Å²) in [5, 5.41) is 5.26. The van der Waals surface area contributed by atoms with E-state index in [-0.39, 0.29) is 4.90 Å². The van der Waals surface area contributed by atoms with E-state index in [1.54, 1.807) is 0 Å². The summed E-state index contributed by atoms with van der Waals surface area (Å²) in [7, 11) is -3.81. The van der Waals surface area contributed by atoms with E-state index in [1.807, 2.05) is 50.2 Å². The van der Waals surface area contributed by atoms with Crippen molar-refractivity contribution in [1.29, 1.82) is 0 Å². The van der Waals surface area contributed by atoms with Crippen molar-refractivity contribution in [2.24, 2.45) is 5.14 Å². The second-order valence-corrected chi connectivity index (χ2v) is 6.26. The summed E-state index contributed by atoms with van der Waals surface area (Å²) < 4.78 is 29.0. The molecule has 4 nitrogen and oxygen atoms in total. The van der Waals surface area contributed by atoms with Crippen LogP contribution in [0.1, 0.15) is 16.7 Å². The van der Waals surface area contributed by atoms with Crippen LogP contribution in [0, 0.1) is 13.8 Å². The monoisotopic (exact) mass is 291 g/mol. The fourth-order valence-corrected chi connectivity index (χ4v) is 2.87. The molecule has 0 spiro atoms. The fourth-order valence-electron chi connectivity index (χ4n) is 2.04. The number of primary sulfonamides is 1. The van der Waals surface area contributed by atoms with Crippen molar-refractivity contribution in [2.45, 2.75) is 25.3 Å². The van der Waals surface area contributed by atoms with Gasteiger partial charge in [0, 0.05) is 0 Å². The maximum absolute atomic E-state index is 11.7. The van der Waals surface area contributed by atoms with Gasteiger partial charge in [-0.15, -0.1) is 0 Å². The van der Waals surface area contributed by atoms with Crippen molar-refractivity contribution < 1.29 is 13.2 Å². The van der Waals surface area contributed by atoms with Crippen LogP contribution < -0.4 is 9.88 Å². The summed E-state index contributed by atoms with van der Waals surface area (Å²) in [5.74, 6) is 0.321. The lowest BCUT2D eigenvalue weighted by Gasteiger charge is -2.14. The van der Waals surface area contributed by atoms with Crippen LogP contribution in [0.5, 0.6) is 5.75 Å². The van der Waals surface area contributed by atoms with Gasteiger partial charge in [-0.1, -0.05) is 36.4 Å². The van der Waals surface area contributed by atoms with Crippen LogP contribution in [0.4, 0.5) is 0 Å². The maximum atomic E-state index is 11.7.